The second-order valence-corrected chi connectivity index (χ2v) is 8.15. The number of hydrogen-bond acceptors (Lipinski definition) is 1. The molecule has 2 unspecified atom stereocenters. The van der Waals surface area contributed by atoms with Crippen LogP contribution >= 0.6 is 31.9 Å². The zero-order valence-corrected chi connectivity index (χ0v) is 14.4. The largest absolute Gasteiger partial charge is 0.381 e. The van der Waals surface area contributed by atoms with Crippen LogP contribution < -0.4 is 5.32 Å². The van der Waals surface area contributed by atoms with E-state index in [9.17, 15) is 0 Å². The van der Waals surface area contributed by atoms with Crippen LogP contribution in [0.5, 0.6) is 0 Å². The maximum absolute atomic E-state index is 3.69. The van der Waals surface area contributed by atoms with Gasteiger partial charge in [0.1, 0.15) is 0 Å². The second kappa shape index (κ2) is 5.54. The SMILES string of the molecule is CC1CC(Nc2ccc(Br)cc2Br)CC(C)(C)C1. The topological polar surface area (TPSA) is 12.0 Å². The van der Waals surface area contributed by atoms with Gasteiger partial charge in [-0.05, 0) is 64.7 Å². The highest BCUT2D eigenvalue weighted by molar-refractivity contribution is 9.11. The van der Waals surface area contributed by atoms with Gasteiger partial charge in [0.15, 0.2) is 0 Å². The summed E-state index contributed by atoms with van der Waals surface area (Å²) in [5, 5.41) is 3.69. The number of benzene rings is 1. The summed E-state index contributed by atoms with van der Waals surface area (Å²) in [5.41, 5.74) is 1.66. The quantitative estimate of drug-likeness (QED) is 0.685. The van der Waals surface area contributed by atoms with E-state index in [1.165, 1.54) is 24.9 Å². The van der Waals surface area contributed by atoms with Crippen molar-refractivity contribution in [3.8, 4) is 0 Å². The summed E-state index contributed by atoms with van der Waals surface area (Å²) >= 11 is 7.12. The molecule has 1 fully saturated rings. The molecule has 1 saturated carbocycles. The molecular formula is C15H21Br2N. The molecule has 0 amide bonds. The van der Waals surface area contributed by atoms with Crippen LogP contribution in [0.1, 0.15) is 40.0 Å². The molecule has 0 bridgehead atoms. The highest BCUT2D eigenvalue weighted by atomic mass is 79.9. The van der Waals surface area contributed by atoms with E-state index in [-0.39, 0.29) is 0 Å². The zero-order valence-electron chi connectivity index (χ0n) is 11.3. The lowest BCUT2D eigenvalue weighted by molar-refractivity contribution is 0.178. The minimum atomic E-state index is 0.456. The molecule has 0 spiro atoms. The van der Waals surface area contributed by atoms with Crippen molar-refractivity contribution in [1.29, 1.82) is 0 Å². The van der Waals surface area contributed by atoms with Gasteiger partial charge in [-0.25, -0.2) is 0 Å². The van der Waals surface area contributed by atoms with E-state index in [2.05, 4.69) is 76.1 Å². The molecule has 0 radical (unpaired) electrons. The first-order valence-electron chi connectivity index (χ1n) is 6.57. The second-order valence-electron chi connectivity index (χ2n) is 6.38. The molecule has 1 aliphatic carbocycles. The van der Waals surface area contributed by atoms with Gasteiger partial charge in [-0.3, -0.25) is 0 Å². The number of rotatable bonds is 2. The first-order chi connectivity index (χ1) is 8.35. The van der Waals surface area contributed by atoms with Crippen LogP contribution in [-0.4, -0.2) is 6.04 Å². The van der Waals surface area contributed by atoms with Crippen molar-refractivity contribution in [2.24, 2.45) is 11.3 Å². The fourth-order valence-corrected chi connectivity index (χ4v) is 4.44. The van der Waals surface area contributed by atoms with Gasteiger partial charge < -0.3 is 5.32 Å². The average Bonchev–Trinajstić information content (AvgIpc) is 2.19. The summed E-state index contributed by atoms with van der Waals surface area (Å²) in [5.74, 6) is 0.806. The molecule has 0 saturated heterocycles. The van der Waals surface area contributed by atoms with Crippen molar-refractivity contribution in [2.45, 2.75) is 46.1 Å². The molecule has 100 valence electrons. The summed E-state index contributed by atoms with van der Waals surface area (Å²) in [6, 6.07) is 6.91. The predicted octanol–water partition coefficient (Wildman–Crippen LogP) is 5.84. The lowest BCUT2D eigenvalue weighted by Crippen LogP contribution is -2.35. The number of hydrogen-bond donors (Lipinski definition) is 1. The van der Waals surface area contributed by atoms with E-state index in [1.54, 1.807) is 0 Å². The Morgan fingerprint density at radius 3 is 2.56 bits per heavy atom. The van der Waals surface area contributed by atoms with Crippen molar-refractivity contribution < 1.29 is 0 Å². The standard InChI is InChI=1S/C15H21Br2N/c1-10-6-12(9-15(2,3)8-10)18-14-5-4-11(16)7-13(14)17/h4-5,7,10,12,18H,6,8-9H2,1-3H3. The molecule has 1 nitrogen and oxygen atoms in total. The molecule has 2 atom stereocenters. The third-order valence-corrected chi connectivity index (χ3v) is 4.83. The summed E-state index contributed by atoms with van der Waals surface area (Å²) in [7, 11) is 0. The van der Waals surface area contributed by atoms with Crippen LogP contribution in [0.25, 0.3) is 0 Å². The Balaban J connectivity index is 2.09. The van der Waals surface area contributed by atoms with Gasteiger partial charge in [0.05, 0.1) is 0 Å². The van der Waals surface area contributed by atoms with Crippen LogP contribution in [0.2, 0.25) is 0 Å². The Labute approximate surface area is 127 Å². The molecule has 3 heteroatoms. The van der Waals surface area contributed by atoms with Gasteiger partial charge in [0.25, 0.3) is 0 Å². The molecular weight excluding hydrogens is 354 g/mol. The van der Waals surface area contributed by atoms with Crippen LogP contribution in [0, 0.1) is 11.3 Å². The van der Waals surface area contributed by atoms with E-state index in [4.69, 9.17) is 0 Å². The van der Waals surface area contributed by atoms with Crippen molar-refractivity contribution in [3.05, 3.63) is 27.1 Å². The molecule has 0 heterocycles. The minimum Gasteiger partial charge on any atom is -0.381 e. The Morgan fingerprint density at radius 2 is 1.94 bits per heavy atom. The third-order valence-electron chi connectivity index (χ3n) is 3.68. The van der Waals surface area contributed by atoms with E-state index in [1.807, 2.05) is 0 Å². The smallest absolute Gasteiger partial charge is 0.0487 e. The fraction of sp³-hybridized carbons (Fsp3) is 0.600. The number of anilines is 1. The summed E-state index contributed by atoms with van der Waals surface area (Å²) in [4.78, 5) is 0. The summed E-state index contributed by atoms with van der Waals surface area (Å²) in [6.07, 6.45) is 3.86. The Bertz CT molecular complexity index is 429. The molecule has 0 aliphatic heterocycles. The number of halogens is 2. The lowest BCUT2D eigenvalue weighted by Gasteiger charge is -2.39. The van der Waals surface area contributed by atoms with Crippen LogP contribution in [0.15, 0.2) is 27.1 Å². The van der Waals surface area contributed by atoms with Crippen LogP contribution in [-0.2, 0) is 0 Å². The predicted molar refractivity (Wildman–Crippen MR) is 86.0 cm³/mol. The highest BCUT2D eigenvalue weighted by Gasteiger charge is 2.32. The van der Waals surface area contributed by atoms with E-state index in [0.717, 1.165) is 14.9 Å². The van der Waals surface area contributed by atoms with Crippen molar-refractivity contribution >= 4 is 37.5 Å². The first-order valence-corrected chi connectivity index (χ1v) is 8.16. The summed E-state index contributed by atoms with van der Waals surface area (Å²) < 4.78 is 2.24. The van der Waals surface area contributed by atoms with Crippen LogP contribution in [0.4, 0.5) is 5.69 Å². The maximum atomic E-state index is 3.69. The Kier molecular flexibility index (Phi) is 4.43. The van der Waals surface area contributed by atoms with E-state index in [0.29, 0.717) is 11.5 Å². The van der Waals surface area contributed by atoms with Gasteiger partial charge >= 0.3 is 0 Å². The first kappa shape index (κ1) is 14.4. The lowest BCUT2D eigenvalue weighted by atomic mass is 9.70. The van der Waals surface area contributed by atoms with Gasteiger partial charge in [-0.15, -0.1) is 0 Å². The van der Waals surface area contributed by atoms with Crippen molar-refractivity contribution in [2.75, 3.05) is 5.32 Å². The molecule has 18 heavy (non-hydrogen) atoms. The summed E-state index contributed by atoms with van der Waals surface area (Å²) in [6.45, 7) is 7.13. The van der Waals surface area contributed by atoms with Crippen LogP contribution in [0.3, 0.4) is 0 Å². The molecule has 2 rings (SSSR count). The Morgan fingerprint density at radius 1 is 1.22 bits per heavy atom. The molecule has 1 aromatic carbocycles. The van der Waals surface area contributed by atoms with E-state index >= 15 is 0 Å². The van der Waals surface area contributed by atoms with Crippen molar-refractivity contribution in [1.82, 2.24) is 0 Å². The maximum Gasteiger partial charge on any atom is 0.0487 e. The van der Waals surface area contributed by atoms with Gasteiger partial charge in [-0.1, -0.05) is 36.7 Å². The van der Waals surface area contributed by atoms with Crippen molar-refractivity contribution in [3.63, 3.8) is 0 Å². The minimum absolute atomic E-state index is 0.456. The molecule has 0 aromatic heterocycles. The normalized spacial score (nSPS) is 26.9. The third kappa shape index (κ3) is 3.74. The molecule has 1 N–H and O–H groups in total. The average molecular weight is 375 g/mol. The zero-order chi connectivity index (χ0) is 13.3. The van der Waals surface area contributed by atoms with Gasteiger partial charge in [-0.2, -0.15) is 0 Å². The highest BCUT2D eigenvalue weighted by Crippen LogP contribution is 2.40. The van der Waals surface area contributed by atoms with E-state index < -0.39 is 0 Å². The molecule has 1 aromatic rings. The van der Waals surface area contributed by atoms with Gasteiger partial charge in [0, 0.05) is 20.7 Å². The van der Waals surface area contributed by atoms with Gasteiger partial charge in [0.2, 0.25) is 0 Å². The Hall–Kier alpha value is -0.0200. The molecule has 1 aliphatic rings. The fourth-order valence-electron chi connectivity index (χ4n) is 3.28. The number of nitrogens with one attached hydrogen (secondary N) is 1. The monoisotopic (exact) mass is 373 g/mol.